The molecule has 3 N–H and O–H groups in total. The number of esters is 1. The highest BCUT2D eigenvalue weighted by atomic mass is 16.6. The van der Waals surface area contributed by atoms with Crippen LogP contribution in [0.5, 0.6) is 5.75 Å². The second kappa shape index (κ2) is 12.6. The minimum absolute atomic E-state index is 0.00122. The molecule has 0 radical (unpaired) electrons. The maximum absolute atomic E-state index is 14.3. The summed E-state index contributed by atoms with van der Waals surface area (Å²) in [6.45, 7) is 6.77. The molecule has 0 aromatic heterocycles. The number of alkyl carbamates (subject to hydrolysis) is 1. The summed E-state index contributed by atoms with van der Waals surface area (Å²) in [4.78, 5) is 53.9. The van der Waals surface area contributed by atoms with E-state index in [2.05, 4.69) is 15.4 Å². The van der Waals surface area contributed by atoms with Crippen LogP contribution in [0.25, 0.3) is 0 Å². The second-order valence-electron chi connectivity index (χ2n) is 10.7. The van der Waals surface area contributed by atoms with E-state index in [4.69, 9.17) is 4.74 Å². The quantitative estimate of drug-likeness (QED) is 0.395. The molecule has 0 aliphatic heterocycles. The van der Waals surface area contributed by atoms with E-state index in [0.29, 0.717) is 12.0 Å². The number of methoxy groups -OCH3 is 1. The van der Waals surface area contributed by atoms with Gasteiger partial charge in [-0.2, -0.15) is 0 Å². The van der Waals surface area contributed by atoms with Crippen LogP contribution in [0.15, 0.2) is 54.6 Å². The number of amides is 3. The fraction of sp³-hybridized carbons (Fsp3) is 0.448. The van der Waals surface area contributed by atoms with Gasteiger partial charge in [0, 0.05) is 12.5 Å². The standard InChI is InChI=1S/C29H37N3O7/c1-18-15-23(18)32(25(20-11-13-21(33)14-12-20)26(35)30-17-24(34)38-5)27(36)22(16-19-9-7-6-8-10-19)31-28(37)39-29(2,3)4/h6-14,18,22-23,25,33H,15-17H2,1-5H3,(H,30,35)(H,31,37). The van der Waals surface area contributed by atoms with Gasteiger partial charge in [0.25, 0.3) is 0 Å². The number of rotatable bonds is 10. The van der Waals surface area contributed by atoms with Crippen LogP contribution in [0.4, 0.5) is 4.79 Å². The lowest BCUT2D eigenvalue weighted by Gasteiger charge is -2.35. The minimum Gasteiger partial charge on any atom is -0.508 e. The molecule has 0 heterocycles. The number of carbonyl (C=O) groups excluding carboxylic acids is 4. The summed E-state index contributed by atoms with van der Waals surface area (Å²) < 4.78 is 10.1. The molecule has 1 saturated carbocycles. The molecule has 0 bridgehead atoms. The predicted molar refractivity (Wildman–Crippen MR) is 144 cm³/mol. The van der Waals surface area contributed by atoms with Crippen molar-refractivity contribution in [3.63, 3.8) is 0 Å². The molecule has 3 rings (SSSR count). The van der Waals surface area contributed by atoms with Crippen molar-refractivity contribution in [1.29, 1.82) is 0 Å². The lowest BCUT2D eigenvalue weighted by atomic mass is 9.99. The highest BCUT2D eigenvalue weighted by molar-refractivity contribution is 5.93. The Morgan fingerprint density at radius 3 is 2.21 bits per heavy atom. The summed E-state index contributed by atoms with van der Waals surface area (Å²) >= 11 is 0. The Labute approximate surface area is 228 Å². The van der Waals surface area contributed by atoms with Crippen molar-refractivity contribution in [1.82, 2.24) is 15.5 Å². The smallest absolute Gasteiger partial charge is 0.408 e. The molecule has 10 heteroatoms. The molecule has 1 aliphatic rings. The fourth-order valence-corrected chi connectivity index (χ4v) is 4.27. The molecular formula is C29H37N3O7. The Morgan fingerprint density at radius 2 is 1.67 bits per heavy atom. The summed E-state index contributed by atoms with van der Waals surface area (Å²) in [5, 5.41) is 15.1. The van der Waals surface area contributed by atoms with Crippen LogP contribution in [0.1, 0.15) is 51.3 Å². The Kier molecular flexibility index (Phi) is 9.56. The van der Waals surface area contributed by atoms with Crippen LogP contribution >= 0.6 is 0 Å². The summed E-state index contributed by atoms with van der Waals surface area (Å²) in [7, 11) is 1.21. The van der Waals surface area contributed by atoms with Crippen molar-refractivity contribution < 1.29 is 33.8 Å². The van der Waals surface area contributed by atoms with Gasteiger partial charge in [-0.05, 0) is 56.4 Å². The zero-order chi connectivity index (χ0) is 28.7. The van der Waals surface area contributed by atoms with Crippen molar-refractivity contribution in [3.8, 4) is 5.75 Å². The van der Waals surface area contributed by atoms with Crippen molar-refractivity contribution in [2.75, 3.05) is 13.7 Å². The summed E-state index contributed by atoms with van der Waals surface area (Å²) in [6, 6.07) is 12.7. The third-order valence-corrected chi connectivity index (χ3v) is 6.32. The first kappa shape index (κ1) is 29.5. The number of hydrogen-bond donors (Lipinski definition) is 3. The van der Waals surface area contributed by atoms with Gasteiger partial charge in [0.15, 0.2) is 0 Å². The molecule has 1 aliphatic carbocycles. The maximum atomic E-state index is 14.3. The van der Waals surface area contributed by atoms with Gasteiger partial charge in [0.2, 0.25) is 11.8 Å². The summed E-state index contributed by atoms with van der Waals surface area (Å²) in [5.74, 6) is -1.59. The number of benzene rings is 2. The largest absolute Gasteiger partial charge is 0.508 e. The molecule has 4 unspecified atom stereocenters. The lowest BCUT2D eigenvalue weighted by Crippen LogP contribution is -2.55. The summed E-state index contributed by atoms with van der Waals surface area (Å²) in [6.07, 6.45) is 0.0782. The molecule has 2 aromatic carbocycles. The van der Waals surface area contributed by atoms with Gasteiger partial charge in [-0.3, -0.25) is 14.4 Å². The van der Waals surface area contributed by atoms with Gasteiger partial charge in [-0.25, -0.2) is 4.79 Å². The van der Waals surface area contributed by atoms with Crippen molar-refractivity contribution >= 4 is 23.9 Å². The van der Waals surface area contributed by atoms with Gasteiger partial charge in [-0.1, -0.05) is 49.4 Å². The first-order valence-electron chi connectivity index (χ1n) is 12.9. The number of nitrogens with one attached hydrogen (secondary N) is 2. The average Bonchev–Trinajstić information content (AvgIpc) is 3.60. The van der Waals surface area contributed by atoms with Gasteiger partial charge < -0.3 is 30.1 Å². The zero-order valence-corrected chi connectivity index (χ0v) is 23.0. The first-order valence-corrected chi connectivity index (χ1v) is 12.9. The number of phenols is 1. The monoisotopic (exact) mass is 539 g/mol. The number of nitrogens with zero attached hydrogens (tertiary/aromatic N) is 1. The molecule has 10 nitrogen and oxygen atoms in total. The number of carbonyl (C=O) groups is 4. The maximum Gasteiger partial charge on any atom is 0.408 e. The third-order valence-electron chi connectivity index (χ3n) is 6.32. The van der Waals surface area contributed by atoms with Crippen LogP contribution in [0.2, 0.25) is 0 Å². The first-order chi connectivity index (χ1) is 18.4. The molecule has 4 atom stereocenters. The normalized spacial score (nSPS) is 17.8. The van der Waals surface area contributed by atoms with Crippen LogP contribution in [-0.4, -0.2) is 65.2 Å². The molecule has 1 fully saturated rings. The minimum atomic E-state index is -1.13. The van der Waals surface area contributed by atoms with Gasteiger partial charge in [0.05, 0.1) is 7.11 Å². The highest BCUT2D eigenvalue weighted by Gasteiger charge is 2.48. The van der Waals surface area contributed by atoms with E-state index in [9.17, 15) is 24.3 Å². The molecule has 0 spiro atoms. The fourth-order valence-electron chi connectivity index (χ4n) is 4.27. The Hall–Kier alpha value is -4.08. The Bertz CT molecular complexity index is 1160. The van der Waals surface area contributed by atoms with E-state index in [0.717, 1.165) is 5.56 Å². The molecule has 39 heavy (non-hydrogen) atoms. The van der Waals surface area contributed by atoms with E-state index in [-0.39, 0.29) is 30.7 Å². The average molecular weight is 540 g/mol. The molecule has 210 valence electrons. The second-order valence-corrected chi connectivity index (χ2v) is 10.7. The molecule has 3 amide bonds. The van der Waals surface area contributed by atoms with Crippen LogP contribution in [-0.2, 0) is 30.3 Å². The van der Waals surface area contributed by atoms with Crippen molar-refractivity contribution in [2.45, 2.75) is 64.3 Å². The topological polar surface area (TPSA) is 134 Å². The Morgan fingerprint density at radius 1 is 1.05 bits per heavy atom. The van der Waals surface area contributed by atoms with Gasteiger partial charge in [0.1, 0.15) is 30.0 Å². The van der Waals surface area contributed by atoms with Gasteiger partial charge in [-0.15, -0.1) is 0 Å². The van der Waals surface area contributed by atoms with Crippen LogP contribution < -0.4 is 10.6 Å². The molecular weight excluding hydrogens is 502 g/mol. The number of hydrogen-bond acceptors (Lipinski definition) is 7. The lowest BCUT2D eigenvalue weighted by molar-refractivity contribution is -0.145. The number of phenolic OH excluding ortho intramolecular Hbond substituents is 1. The number of aromatic hydroxyl groups is 1. The zero-order valence-electron chi connectivity index (χ0n) is 23.0. The Balaban J connectivity index is 2.01. The van der Waals surface area contributed by atoms with Crippen molar-refractivity contribution in [2.24, 2.45) is 5.92 Å². The summed E-state index contributed by atoms with van der Waals surface area (Å²) in [5.41, 5.74) is 0.475. The van der Waals surface area contributed by atoms with Crippen molar-refractivity contribution in [3.05, 3.63) is 65.7 Å². The van der Waals surface area contributed by atoms with Crippen LogP contribution in [0.3, 0.4) is 0 Å². The predicted octanol–water partition coefficient (Wildman–Crippen LogP) is 3.10. The van der Waals surface area contributed by atoms with Crippen LogP contribution in [0, 0.1) is 5.92 Å². The molecule has 0 saturated heterocycles. The SMILES string of the molecule is COC(=O)CNC(=O)C(c1ccc(O)cc1)N(C(=O)C(Cc1ccccc1)NC(=O)OC(C)(C)C)C1CC1C. The van der Waals surface area contributed by atoms with E-state index in [1.807, 2.05) is 37.3 Å². The third kappa shape index (κ3) is 8.46. The van der Waals surface area contributed by atoms with E-state index >= 15 is 0 Å². The van der Waals surface area contributed by atoms with E-state index in [1.54, 1.807) is 32.9 Å². The highest BCUT2D eigenvalue weighted by Crippen LogP contribution is 2.41. The number of ether oxygens (including phenoxy) is 2. The van der Waals surface area contributed by atoms with E-state index in [1.165, 1.54) is 24.1 Å². The van der Waals surface area contributed by atoms with E-state index < -0.39 is 41.6 Å². The molecule has 2 aromatic rings. The van der Waals surface area contributed by atoms with Gasteiger partial charge >= 0.3 is 12.1 Å².